The van der Waals surface area contributed by atoms with Crippen molar-refractivity contribution in [1.29, 1.82) is 0 Å². The zero-order chi connectivity index (χ0) is 29.8. The molecule has 220 valence electrons. The number of benzene rings is 2. The van der Waals surface area contributed by atoms with Gasteiger partial charge < -0.3 is 24.2 Å². The number of nitrogens with one attached hydrogen (secondary N) is 2. The fourth-order valence-electron chi connectivity index (χ4n) is 4.03. The Bertz CT molecular complexity index is 1520. The van der Waals surface area contributed by atoms with Crippen molar-refractivity contribution in [1.82, 2.24) is 14.6 Å². The molecule has 41 heavy (non-hydrogen) atoms. The van der Waals surface area contributed by atoms with Gasteiger partial charge in [-0.2, -0.15) is 5.09 Å². The molecule has 6 atom stereocenters. The van der Waals surface area contributed by atoms with E-state index in [9.17, 15) is 24.4 Å². The van der Waals surface area contributed by atoms with Crippen molar-refractivity contribution < 1.29 is 38.1 Å². The zero-order valence-corrected chi connectivity index (χ0v) is 24.5. The highest BCUT2D eigenvalue weighted by molar-refractivity contribution is 7.71. The first-order valence-corrected chi connectivity index (χ1v) is 14.8. The summed E-state index contributed by atoms with van der Waals surface area (Å²) in [5, 5.41) is 24.8. The molecule has 1 saturated heterocycles. The minimum atomic E-state index is -4.33. The summed E-state index contributed by atoms with van der Waals surface area (Å²) in [6.07, 6.45) is -2.65. The highest BCUT2D eigenvalue weighted by Gasteiger charge is 2.53. The molecular formula is C26H29ClN3O9PS. The van der Waals surface area contributed by atoms with Crippen LogP contribution in [-0.4, -0.2) is 56.2 Å². The van der Waals surface area contributed by atoms with E-state index >= 15 is 0 Å². The van der Waals surface area contributed by atoms with Gasteiger partial charge in [0.2, 0.25) is 0 Å². The van der Waals surface area contributed by atoms with Crippen LogP contribution < -0.4 is 15.2 Å². The third-order valence-corrected chi connectivity index (χ3v) is 8.44. The lowest BCUT2D eigenvalue weighted by Gasteiger charge is -2.28. The van der Waals surface area contributed by atoms with E-state index in [1.807, 2.05) is 6.07 Å². The first-order chi connectivity index (χ1) is 19.4. The molecule has 1 fully saturated rings. The van der Waals surface area contributed by atoms with Crippen LogP contribution in [0.2, 0.25) is 5.02 Å². The Morgan fingerprint density at radius 3 is 2.59 bits per heavy atom. The van der Waals surface area contributed by atoms with Crippen molar-refractivity contribution in [2.24, 2.45) is 0 Å². The Morgan fingerprint density at radius 1 is 1.24 bits per heavy atom. The summed E-state index contributed by atoms with van der Waals surface area (Å²) in [5.41, 5.74) is -1.57. The molecule has 2 aromatic carbocycles. The van der Waals surface area contributed by atoms with E-state index in [0.717, 1.165) is 5.56 Å². The zero-order valence-electron chi connectivity index (χ0n) is 22.0. The summed E-state index contributed by atoms with van der Waals surface area (Å²) < 4.78 is 37.5. The van der Waals surface area contributed by atoms with Gasteiger partial charge in [-0.1, -0.05) is 41.9 Å². The number of halogens is 1. The van der Waals surface area contributed by atoms with Gasteiger partial charge in [0.1, 0.15) is 36.2 Å². The summed E-state index contributed by atoms with van der Waals surface area (Å²) in [4.78, 5) is 26.7. The van der Waals surface area contributed by atoms with Crippen molar-refractivity contribution in [2.75, 3.05) is 6.61 Å². The monoisotopic (exact) mass is 625 g/mol. The topological polar surface area (TPSA) is 161 Å². The van der Waals surface area contributed by atoms with Crippen LogP contribution in [0.1, 0.15) is 25.6 Å². The highest BCUT2D eigenvalue weighted by Crippen LogP contribution is 2.47. The van der Waals surface area contributed by atoms with Gasteiger partial charge in [-0.05, 0) is 55.9 Å². The van der Waals surface area contributed by atoms with Gasteiger partial charge in [-0.3, -0.25) is 23.7 Å². The number of aromatic amines is 1. The van der Waals surface area contributed by atoms with E-state index in [2.05, 4.69) is 10.1 Å². The lowest BCUT2D eigenvalue weighted by Crippen LogP contribution is -2.45. The van der Waals surface area contributed by atoms with Crippen LogP contribution >= 0.6 is 31.6 Å². The number of carbonyl (C=O) groups excluding carboxylic acids is 1. The number of hydrogen-bond donors (Lipinski definition) is 4. The maximum atomic E-state index is 13.9. The number of rotatable bonds is 11. The van der Waals surface area contributed by atoms with Crippen molar-refractivity contribution in [3.05, 3.63) is 92.6 Å². The van der Waals surface area contributed by atoms with Crippen LogP contribution in [-0.2, 0) is 30.0 Å². The number of carbonyl (C=O) groups is 1. The van der Waals surface area contributed by atoms with Crippen molar-refractivity contribution >= 4 is 37.5 Å². The maximum Gasteiger partial charge on any atom is 0.459 e. The van der Waals surface area contributed by atoms with Crippen molar-refractivity contribution in [2.45, 2.75) is 50.5 Å². The van der Waals surface area contributed by atoms with Crippen LogP contribution in [0.25, 0.3) is 0 Å². The summed E-state index contributed by atoms with van der Waals surface area (Å²) in [6, 6.07) is 15.0. The standard InChI is InChI=1S/C26H29ClN3O9PS/c1-16(23(33)36-14-17-6-4-3-5-7-17)29-40(35,39-19-10-8-18(27)9-11-19)37-15-20-22(32)26(2,34)24(38-20)30-13-12-21(31)28-25(30)41/h3-13,16,20,22,24,32,34H,14-15H2,1-2H3,(H,29,35)(H,28,31,41)/t16-,20+,22-,24+,26?,40+/m0/s1. The van der Waals surface area contributed by atoms with Crippen LogP contribution in [0.15, 0.2) is 71.7 Å². The molecule has 4 rings (SSSR count). The molecule has 12 nitrogen and oxygen atoms in total. The lowest BCUT2D eigenvalue weighted by molar-refractivity contribution is -0.146. The van der Waals surface area contributed by atoms with Crippen LogP contribution in [0, 0.1) is 4.77 Å². The molecule has 0 radical (unpaired) electrons. The molecular weight excluding hydrogens is 597 g/mol. The number of esters is 1. The molecule has 3 aromatic rings. The maximum absolute atomic E-state index is 13.9. The number of aliphatic hydroxyl groups is 2. The number of ether oxygens (including phenoxy) is 2. The molecule has 0 saturated carbocycles. The molecule has 1 aliphatic rings. The molecule has 0 bridgehead atoms. The van der Waals surface area contributed by atoms with Crippen LogP contribution in [0.4, 0.5) is 0 Å². The second-order valence-electron chi connectivity index (χ2n) is 9.50. The third kappa shape index (κ3) is 7.70. The Kier molecular flexibility index (Phi) is 9.83. The molecule has 1 aliphatic heterocycles. The molecule has 2 heterocycles. The minimum absolute atomic E-state index is 0.000729. The molecule has 1 unspecified atom stereocenters. The highest BCUT2D eigenvalue weighted by atomic mass is 35.5. The SMILES string of the molecule is C[C@H](N[P@@](=O)(OC[C@H]1O[C@@H](n2ccc(=O)[nH]c2=S)C(C)(O)[C@H]1O)Oc1ccc(Cl)cc1)C(=O)OCc1ccccc1. The van der Waals surface area contributed by atoms with Crippen LogP contribution in [0.5, 0.6) is 5.75 Å². The average Bonchev–Trinajstić information content (AvgIpc) is 3.16. The Balaban J connectivity index is 1.49. The van der Waals surface area contributed by atoms with E-state index < -0.39 is 56.0 Å². The average molecular weight is 626 g/mol. The van der Waals surface area contributed by atoms with E-state index in [1.165, 1.54) is 54.9 Å². The van der Waals surface area contributed by atoms with E-state index in [0.29, 0.717) is 5.02 Å². The molecule has 0 spiro atoms. The number of aromatic nitrogens is 2. The van der Waals surface area contributed by atoms with E-state index in [1.54, 1.807) is 24.3 Å². The molecule has 1 aromatic heterocycles. The number of H-pyrrole nitrogens is 1. The largest absolute Gasteiger partial charge is 0.460 e. The van der Waals surface area contributed by atoms with Gasteiger partial charge in [0.05, 0.1) is 6.61 Å². The van der Waals surface area contributed by atoms with Crippen molar-refractivity contribution in [3.8, 4) is 5.75 Å². The van der Waals surface area contributed by atoms with E-state index in [4.69, 9.17) is 42.3 Å². The predicted octanol–water partition coefficient (Wildman–Crippen LogP) is 3.49. The molecule has 0 aliphatic carbocycles. The third-order valence-electron chi connectivity index (χ3n) is 6.24. The Hall–Kier alpha value is -2.87. The van der Waals surface area contributed by atoms with Gasteiger partial charge in [-0.15, -0.1) is 0 Å². The fourth-order valence-corrected chi connectivity index (χ4v) is 5.91. The smallest absolute Gasteiger partial charge is 0.459 e. The normalized spacial score (nSPS) is 24.4. The number of nitrogens with zero attached hydrogens (tertiary/aromatic N) is 1. The minimum Gasteiger partial charge on any atom is -0.460 e. The van der Waals surface area contributed by atoms with Gasteiger partial charge >= 0.3 is 13.7 Å². The van der Waals surface area contributed by atoms with Gasteiger partial charge in [0, 0.05) is 17.3 Å². The Labute approximate surface area is 245 Å². The van der Waals surface area contributed by atoms with Crippen LogP contribution in [0.3, 0.4) is 0 Å². The summed E-state index contributed by atoms with van der Waals surface area (Å²) in [7, 11) is -4.33. The van der Waals surface area contributed by atoms with Crippen molar-refractivity contribution in [3.63, 3.8) is 0 Å². The second-order valence-corrected chi connectivity index (χ2v) is 12.0. The molecule has 15 heteroatoms. The van der Waals surface area contributed by atoms with E-state index in [-0.39, 0.29) is 17.1 Å². The second kappa shape index (κ2) is 13.0. The summed E-state index contributed by atoms with van der Waals surface area (Å²) in [5.74, 6) is -0.600. The number of aliphatic hydroxyl groups excluding tert-OH is 1. The van der Waals surface area contributed by atoms with Gasteiger partial charge in [-0.25, -0.2) is 4.57 Å². The molecule has 4 N–H and O–H groups in total. The Morgan fingerprint density at radius 2 is 1.93 bits per heavy atom. The summed E-state index contributed by atoms with van der Waals surface area (Å²) >= 11 is 11.1. The fraction of sp³-hybridized carbons (Fsp3) is 0.346. The quantitative estimate of drug-likeness (QED) is 0.140. The molecule has 0 amide bonds. The summed E-state index contributed by atoms with van der Waals surface area (Å²) in [6.45, 7) is 2.21. The van der Waals surface area contributed by atoms with Gasteiger partial charge in [0.25, 0.3) is 5.56 Å². The first kappa shape index (κ1) is 31.1. The lowest BCUT2D eigenvalue weighted by atomic mass is 9.96. The number of hydrogen-bond acceptors (Lipinski definition) is 10. The van der Waals surface area contributed by atoms with Gasteiger partial charge in [0.15, 0.2) is 11.0 Å². The predicted molar refractivity (Wildman–Crippen MR) is 151 cm³/mol. The first-order valence-electron chi connectivity index (χ1n) is 12.4.